The molecule has 1 amide bonds. The average Bonchev–Trinajstić information content (AvgIpc) is 3.09. The molecular formula is C10H17N7O. The Labute approximate surface area is 105 Å². The van der Waals surface area contributed by atoms with Gasteiger partial charge < -0.3 is 21.3 Å². The lowest BCUT2D eigenvalue weighted by atomic mass is 10.5. The van der Waals surface area contributed by atoms with E-state index in [1.54, 1.807) is 19.0 Å². The van der Waals surface area contributed by atoms with Crippen LogP contribution in [0, 0.1) is 0 Å². The standard InChI is InChI=1S/C10H17N7O/c1-17(2)10-15-8(11)14-9(16-10)12-5-7(18)13-6-3-4-6/h6H,3-5H2,1-2H3,(H,13,18)(H3,11,12,14,15,16). The van der Waals surface area contributed by atoms with Gasteiger partial charge in [0.15, 0.2) is 0 Å². The molecule has 0 radical (unpaired) electrons. The van der Waals surface area contributed by atoms with Crippen molar-refractivity contribution in [3.05, 3.63) is 0 Å². The molecule has 0 bridgehead atoms. The number of nitrogens with one attached hydrogen (secondary N) is 2. The first-order valence-electron chi connectivity index (χ1n) is 5.76. The topological polar surface area (TPSA) is 109 Å². The van der Waals surface area contributed by atoms with Crippen LogP contribution in [0.1, 0.15) is 12.8 Å². The fraction of sp³-hybridized carbons (Fsp3) is 0.600. The zero-order valence-corrected chi connectivity index (χ0v) is 10.5. The molecule has 0 saturated heterocycles. The number of carbonyl (C=O) groups excluding carboxylic acids is 1. The van der Waals surface area contributed by atoms with Crippen molar-refractivity contribution in [1.82, 2.24) is 20.3 Å². The average molecular weight is 251 g/mol. The molecule has 2 rings (SSSR count). The fourth-order valence-electron chi connectivity index (χ4n) is 1.33. The number of rotatable bonds is 5. The van der Waals surface area contributed by atoms with Crippen LogP contribution in [0.4, 0.5) is 17.8 Å². The van der Waals surface area contributed by atoms with Crippen LogP contribution in [-0.4, -0.2) is 47.5 Å². The summed E-state index contributed by atoms with van der Waals surface area (Å²) in [5.41, 5.74) is 5.56. The first-order valence-corrected chi connectivity index (χ1v) is 5.76. The molecule has 1 aromatic rings. The molecule has 1 fully saturated rings. The number of nitrogens with two attached hydrogens (primary N) is 1. The van der Waals surface area contributed by atoms with Gasteiger partial charge >= 0.3 is 0 Å². The second-order valence-electron chi connectivity index (χ2n) is 4.41. The molecule has 0 aromatic carbocycles. The Morgan fingerprint density at radius 3 is 2.72 bits per heavy atom. The summed E-state index contributed by atoms with van der Waals surface area (Å²) in [7, 11) is 3.61. The van der Waals surface area contributed by atoms with Crippen molar-refractivity contribution in [2.45, 2.75) is 18.9 Å². The van der Waals surface area contributed by atoms with E-state index in [4.69, 9.17) is 5.73 Å². The number of aromatic nitrogens is 3. The predicted octanol–water partition coefficient (Wildman–Crippen LogP) is -0.790. The maximum atomic E-state index is 11.5. The summed E-state index contributed by atoms with van der Waals surface area (Å²) in [4.78, 5) is 25.2. The van der Waals surface area contributed by atoms with Gasteiger partial charge in [-0.25, -0.2) is 0 Å². The molecule has 0 unspecified atom stereocenters. The van der Waals surface area contributed by atoms with Crippen molar-refractivity contribution in [3.63, 3.8) is 0 Å². The van der Waals surface area contributed by atoms with Crippen LogP contribution in [0.3, 0.4) is 0 Å². The van der Waals surface area contributed by atoms with Crippen molar-refractivity contribution < 1.29 is 4.79 Å². The van der Waals surface area contributed by atoms with Gasteiger partial charge in [0.05, 0.1) is 6.54 Å². The quantitative estimate of drug-likeness (QED) is 0.629. The van der Waals surface area contributed by atoms with Crippen LogP contribution in [0.25, 0.3) is 0 Å². The highest BCUT2D eigenvalue weighted by atomic mass is 16.2. The monoisotopic (exact) mass is 251 g/mol. The minimum atomic E-state index is -0.0668. The lowest BCUT2D eigenvalue weighted by Crippen LogP contribution is -2.32. The first kappa shape index (κ1) is 12.3. The first-order chi connectivity index (χ1) is 8.54. The van der Waals surface area contributed by atoms with Crippen molar-refractivity contribution in [1.29, 1.82) is 0 Å². The molecule has 0 spiro atoms. The van der Waals surface area contributed by atoms with Crippen molar-refractivity contribution >= 4 is 23.8 Å². The van der Waals surface area contributed by atoms with Crippen LogP contribution in [0.2, 0.25) is 0 Å². The van der Waals surface area contributed by atoms with Gasteiger partial charge in [-0.3, -0.25) is 4.79 Å². The van der Waals surface area contributed by atoms with Gasteiger partial charge in [-0.2, -0.15) is 15.0 Å². The zero-order valence-electron chi connectivity index (χ0n) is 10.5. The summed E-state index contributed by atoms with van der Waals surface area (Å²) in [5.74, 6) is 0.812. The van der Waals surface area contributed by atoms with E-state index in [1.807, 2.05) is 0 Å². The number of nitrogens with zero attached hydrogens (tertiary/aromatic N) is 4. The van der Waals surface area contributed by atoms with Crippen LogP contribution in [0.5, 0.6) is 0 Å². The SMILES string of the molecule is CN(C)c1nc(N)nc(NCC(=O)NC2CC2)n1. The fourth-order valence-corrected chi connectivity index (χ4v) is 1.33. The number of hydrogen-bond acceptors (Lipinski definition) is 7. The Morgan fingerprint density at radius 2 is 2.11 bits per heavy atom. The van der Waals surface area contributed by atoms with E-state index in [0.29, 0.717) is 17.9 Å². The third-order valence-corrected chi connectivity index (χ3v) is 2.39. The van der Waals surface area contributed by atoms with Crippen LogP contribution < -0.4 is 21.3 Å². The van der Waals surface area contributed by atoms with Crippen LogP contribution in [0.15, 0.2) is 0 Å². The molecule has 1 aliphatic rings. The number of nitrogen functional groups attached to an aromatic ring is 1. The molecular weight excluding hydrogens is 234 g/mol. The molecule has 8 heteroatoms. The second kappa shape index (κ2) is 5.03. The second-order valence-corrected chi connectivity index (χ2v) is 4.41. The summed E-state index contributed by atoms with van der Waals surface area (Å²) in [5, 5.41) is 5.69. The normalized spacial score (nSPS) is 14.1. The van der Waals surface area contributed by atoms with E-state index >= 15 is 0 Å². The lowest BCUT2D eigenvalue weighted by Gasteiger charge is -2.12. The van der Waals surface area contributed by atoms with E-state index in [-0.39, 0.29) is 18.4 Å². The molecule has 1 saturated carbocycles. The van der Waals surface area contributed by atoms with E-state index in [9.17, 15) is 4.79 Å². The van der Waals surface area contributed by atoms with Gasteiger partial charge in [0.1, 0.15) is 0 Å². The third-order valence-electron chi connectivity index (χ3n) is 2.39. The van der Waals surface area contributed by atoms with Crippen LogP contribution >= 0.6 is 0 Å². The Morgan fingerprint density at radius 1 is 1.39 bits per heavy atom. The molecule has 0 atom stereocenters. The maximum Gasteiger partial charge on any atom is 0.239 e. The zero-order chi connectivity index (χ0) is 13.1. The van der Waals surface area contributed by atoms with Gasteiger partial charge in [0.2, 0.25) is 23.8 Å². The summed E-state index contributed by atoms with van der Waals surface area (Å²) >= 11 is 0. The predicted molar refractivity (Wildman–Crippen MR) is 68.2 cm³/mol. The number of anilines is 3. The molecule has 18 heavy (non-hydrogen) atoms. The molecule has 1 aromatic heterocycles. The Kier molecular flexibility index (Phi) is 3.45. The minimum Gasteiger partial charge on any atom is -0.368 e. The van der Waals surface area contributed by atoms with Gasteiger partial charge in [-0.1, -0.05) is 0 Å². The highest BCUT2D eigenvalue weighted by molar-refractivity contribution is 5.80. The molecule has 98 valence electrons. The summed E-state index contributed by atoms with van der Waals surface area (Å²) < 4.78 is 0. The van der Waals surface area contributed by atoms with Gasteiger partial charge in [0, 0.05) is 20.1 Å². The minimum absolute atomic E-state index is 0.0668. The molecule has 0 aliphatic heterocycles. The van der Waals surface area contributed by atoms with Gasteiger partial charge in [-0.05, 0) is 12.8 Å². The molecule has 1 aliphatic carbocycles. The highest BCUT2D eigenvalue weighted by Crippen LogP contribution is 2.18. The Bertz CT molecular complexity index is 444. The van der Waals surface area contributed by atoms with Crippen LogP contribution in [-0.2, 0) is 4.79 Å². The number of carbonyl (C=O) groups is 1. The lowest BCUT2D eigenvalue weighted by molar-refractivity contribution is -0.119. The van der Waals surface area contributed by atoms with Crippen molar-refractivity contribution in [3.8, 4) is 0 Å². The Hall–Kier alpha value is -2.12. The maximum absolute atomic E-state index is 11.5. The van der Waals surface area contributed by atoms with Gasteiger partial charge in [0.25, 0.3) is 0 Å². The van der Waals surface area contributed by atoms with Gasteiger partial charge in [-0.15, -0.1) is 0 Å². The smallest absolute Gasteiger partial charge is 0.239 e. The summed E-state index contributed by atoms with van der Waals surface area (Å²) in [6.45, 7) is 0.132. The summed E-state index contributed by atoms with van der Waals surface area (Å²) in [6, 6.07) is 0.347. The highest BCUT2D eigenvalue weighted by Gasteiger charge is 2.23. The third kappa shape index (κ3) is 3.44. The van der Waals surface area contributed by atoms with E-state index < -0.39 is 0 Å². The van der Waals surface area contributed by atoms with E-state index in [0.717, 1.165) is 12.8 Å². The molecule has 4 N–H and O–H groups in total. The van der Waals surface area contributed by atoms with Crippen molar-refractivity contribution in [2.24, 2.45) is 0 Å². The molecule has 1 heterocycles. The molecule has 8 nitrogen and oxygen atoms in total. The Balaban J connectivity index is 1.93. The van der Waals surface area contributed by atoms with E-state index in [2.05, 4.69) is 25.6 Å². The van der Waals surface area contributed by atoms with E-state index in [1.165, 1.54) is 0 Å². The largest absolute Gasteiger partial charge is 0.368 e. The number of amides is 1. The summed E-state index contributed by atoms with van der Waals surface area (Å²) in [6.07, 6.45) is 2.13. The van der Waals surface area contributed by atoms with Crippen molar-refractivity contribution in [2.75, 3.05) is 36.6 Å². The number of hydrogen-bond donors (Lipinski definition) is 3.